The summed E-state index contributed by atoms with van der Waals surface area (Å²) in [7, 11) is 3.47. The molecule has 0 fully saturated rings. The van der Waals surface area contributed by atoms with Crippen LogP contribution in [0, 0.1) is 0 Å². The summed E-state index contributed by atoms with van der Waals surface area (Å²) in [5.41, 5.74) is 0. The van der Waals surface area contributed by atoms with Crippen molar-refractivity contribution in [1.82, 2.24) is 20.5 Å². The zero-order valence-corrected chi connectivity index (χ0v) is 16.5. The van der Waals surface area contributed by atoms with E-state index in [4.69, 9.17) is 0 Å². The van der Waals surface area contributed by atoms with Gasteiger partial charge in [-0.15, -0.1) is 22.7 Å². The van der Waals surface area contributed by atoms with Crippen molar-refractivity contribution in [3.05, 3.63) is 38.5 Å². The number of nitrogens with zero attached hydrogens (tertiary/aromatic N) is 3. The standard InChI is InChI=1S/C17H25N5OS2/c1-4-13-10-19-15(25-13)11-20-17(21-12-16(23)22(2)3)18-8-7-14-6-5-9-24-14/h5-6,9-10H,4,7-8,11-12H2,1-3H3,(H2,18,20,21). The maximum absolute atomic E-state index is 11.8. The highest BCUT2D eigenvalue weighted by molar-refractivity contribution is 7.11. The lowest BCUT2D eigenvalue weighted by molar-refractivity contribution is -0.127. The summed E-state index contributed by atoms with van der Waals surface area (Å²) >= 11 is 3.44. The molecule has 2 rings (SSSR count). The smallest absolute Gasteiger partial charge is 0.243 e. The fourth-order valence-corrected chi connectivity index (χ4v) is 3.49. The topological polar surface area (TPSA) is 69.6 Å². The lowest BCUT2D eigenvalue weighted by Gasteiger charge is -2.13. The zero-order chi connectivity index (χ0) is 18.1. The minimum atomic E-state index is -0.0260. The Hall–Kier alpha value is -1.93. The minimum absolute atomic E-state index is 0.0260. The second-order valence-corrected chi connectivity index (χ2v) is 7.87. The van der Waals surface area contributed by atoms with Crippen LogP contribution >= 0.6 is 22.7 Å². The average molecular weight is 380 g/mol. The molecular weight excluding hydrogens is 354 g/mol. The Morgan fingerprint density at radius 3 is 2.80 bits per heavy atom. The number of hydrogen-bond donors (Lipinski definition) is 2. The van der Waals surface area contributed by atoms with Gasteiger partial charge in [0, 0.05) is 36.6 Å². The monoisotopic (exact) mass is 379 g/mol. The number of aliphatic imine (C=N–C) groups is 1. The Morgan fingerprint density at radius 2 is 2.16 bits per heavy atom. The molecule has 0 aliphatic heterocycles. The van der Waals surface area contributed by atoms with Gasteiger partial charge in [-0.3, -0.25) is 4.79 Å². The highest BCUT2D eigenvalue weighted by Gasteiger charge is 2.06. The molecule has 0 saturated heterocycles. The first-order valence-electron chi connectivity index (χ1n) is 8.26. The van der Waals surface area contributed by atoms with E-state index in [9.17, 15) is 4.79 Å². The molecule has 25 heavy (non-hydrogen) atoms. The van der Waals surface area contributed by atoms with Crippen molar-refractivity contribution in [2.75, 3.05) is 27.2 Å². The molecule has 0 aliphatic carbocycles. The molecule has 2 N–H and O–H groups in total. The van der Waals surface area contributed by atoms with Gasteiger partial charge in [-0.05, 0) is 24.3 Å². The first-order valence-corrected chi connectivity index (χ1v) is 9.96. The van der Waals surface area contributed by atoms with E-state index in [-0.39, 0.29) is 12.5 Å². The molecule has 0 radical (unpaired) electrons. The number of thiazole rings is 1. The second kappa shape index (κ2) is 10.1. The summed E-state index contributed by atoms with van der Waals surface area (Å²) in [5.74, 6) is 0.613. The molecule has 8 heteroatoms. The average Bonchev–Trinajstić information content (AvgIpc) is 3.27. The van der Waals surface area contributed by atoms with E-state index in [1.807, 2.05) is 6.20 Å². The number of likely N-dealkylation sites (N-methyl/N-ethyl adjacent to an activating group) is 1. The Balaban J connectivity index is 1.90. The van der Waals surface area contributed by atoms with Crippen LogP contribution in [-0.4, -0.2) is 48.9 Å². The van der Waals surface area contributed by atoms with E-state index >= 15 is 0 Å². The molecule has 1 amide bonds. The molecular formula is C17H25N5OS2. The van der Waals surface area contributed by atoms with Gasteiger partial charge in [0.05, 0.1) is 6.54 Å². The molecule has 0 spiro atoms. The van der Waals surface area contributed by atoms with Crippen molar-refractivity contribution >= 4 is 34.5 Å². The zero-order valence-electron chi connectivity index (χ0n) is 14.9. The second-order valence-electron chi connectivity index (χ2n) is 5.64. The van der Waals surface area contributed by atoms with E-state index in [0.717, 1.165) is 24.4 Å². The number of hydrogen-bond acceptors (Lipinski definition) is 5. The minimum Gasteiger partial charge on any atom is -0.356 e. The van der Waals surface area contributed by atoms with E-state index in [2.05, 4.69) is 45.0 Å². The van der Waals surface area contributed by atoms with Gasteiger partial charge in [0.1, 0.15) is 11.6 Å². The SMILES string of the molecule is CCc1cnc(CNC(=NCC(=O)N(C)C)NCCc2cccs2)s1. The van der Waals surface area contributed by atoms with Gasteiger partial charge in [0.25, 0.3) is 0 Å². The molecule has 2 aromatic heterocycles. The normalized spacial score (nSPS) is 11.4. The lowest BCUT2D eigenvalue weighted by atomic mass is 10.3. The van der Waals surface area contributed by atoms with E-state index < -0.39 is 0 Å². The Kier molecular flexibility index (Phi) is 7.87. The molecule has 0 aliphatic rings. The molecule has 0 aromatic carbocycles. The number of guanidine groups is 1. The predicted octanol–water partition coefficient (Wildman–Crippen LogP) is 2.13. The van der Waals surface area contributed by atoms with Gasteiger partial charge in [-0.2, -0.15) is 0 Å². The summed E-state index contributed by atoms with van der Waals surface area (Å²) in [5, 5.41) is 9.66. The van der Waals surface area contributed by atoms with E-state index in [1.165, 1.54) is 9.75 Å². The molecule has 0 unspecified atom stereocenters. The van der Waals surface area contributed by atoms with Crippen LogP contribution in [0.2, 0.25) is 0 Å². The Bertz CT molecular complexity index is 679. The lowest BCUT2D eigenvalue weighted by Crippen LogP contribution is -2.39. The van der Waals surface area contributed by atoms with Crippen molar-refractivity contribution in [3.8, 4) is 0 Å². The van der Waals surface area contributed by atoms with Crippen LogP contribution < -0.4 is 10.6 Å². The fraction of sp³-hybridized carbons (Fsp3) is 0.471. The van der Waals surface area contributed by atoms with Crippen LogP contribution in [0.25, 0.3) is 0 Å². The molecule has 2 heterocycles. The van der Waals surface area contributed by atoms with Crippen molar-refractivity contribution in [2.24, 2.45) is 4.99 Å². The Labute approximate surface area is 157 Å². The van der Waals surface area contributed by atoms with Crippen LogP contribution in [-0.2, 0) is 24.2 Å². The molecule has 6 nitrogen and oxygen atoms in total. The summed E-state index contributed by atoms with van der Waals surface area (Å²) in [6, 6.07) is 4.17. The van der Waals surface area contributed by atoms with Gasteiger partial charge in [-0.1, -0.05) is 13.0 Å². The summed E-state index contributed by atoms with van der Waals surface area (Å²) in [6.07, 6.45) is 3.84. The largest absolute Gasteiger partial charge is 0.356 e. The van der Waals surface area contributed by atoms with Crippen molar-refractivity contribution in [3.63, 3.8) is 0 Å². The molecule has 0 atom stereocenters. The Morgan fingerprint density at radius 1 is 1.32 bits per heavy atom. The first kappa shape index (κ1) is 19.4. The number of thiophene rings is 1. The van der Waals surface area contributed by atoms with Gasteiger partial charge in [0.15, 0.2) is 5.96 Å². The summed E-state index contributed by atoms with van der Waals surface area (Å²) in [6.45, 7) is 3.61. The highest BCUT2D eigenvalue weighted by Crippen LogP contribution is 2.12. The third-order valence-electron chi connectivity index (χ3n) is 3.47. The van der Waals surface area contributed by atoms with Crippen LogP contribution in [0.5, 0.6) is 0 Å². The van der Waals surface area contributed by atoms with Crippen LogP contribution in [0.15, 0.2) is 28.7 Å². The molecule has 136 valence electrons. The molecule has 0 bridgehead atoms. The maximum atomic E-state index is 11.8. The number of aryl methyl sites for hydroxylation is 1. The van der Waals surface area contributed by atoms with Crippen LogP contribution in [0.4, 0.5) is 0 Å². The van der Waals surface area contributed by atoms with Crippen molar-refractivity contribution < 1.29 is 4.79 Å². The summed E-state index contributed by atoms with van der Waals surface area (Å²) < 4.78 is 0. The van der Waals surface area contributed by atoms with Crippen LogP contribution in [0.3, 0.4) is 0 Å². The van der Waals surface area contributed by atoms with Gasteiger partial charge in [0.2, 0.25) is 5.91 Å². The number of rotatable bonds is 8. The first-order chi connectivity index (χ1) is 12.1. The predicted molar refractivity (Wildman–Crippen MR) is 105 cm³/mol. The quantitative estimate of drug-likeness (QED) is 0.545. The fourth-order valence-electron chi connectivity index (χ4n) is 1.97. The molecule has 0 saturated carbocycles. The van der Waals surface area contributed by atoms with Crippen molar-refractivity contribution in [2.45, 2.75) is 26.3 Å². The van der Waals surface area contributed by atoms with E-state index in [1.54, 1.807) is 41.7 Å². The third-order valence-corrected chi connectivity index (χ3v) is 5.55. The highest BCUT2D eigenvalue weighted by atomic mass is 32.1. The number of carbonyl (C=O) groups excluding carboxylic acids is 1. The number of nitrogens with one attached hydrogen (secondary N) is 2. The van der Waals surface area contributed by atoms with Crippen molar-refractivity contribution in [1.29, 1.82) is 0 Å². The number of carbonyl (C=O) groups is 1. The van der Waals surface area contributed by atoms with Gasteiger partial charge < -0.3 is 15.5 Å². The van der Waals surface area contributed by atoms with Crippen LogP contribution in [0.1, 0.15) is 21.7 Å². The van der Waals surface area contributed by atoms with Gasteiger partial charge in [-0.25, -0.2) is 9.98 Å². The maximum Gasteiger partial charge on any atom is 0.243 e. The third kappa shape index (κ3) is 6.83. The number of aromatic nitrogens is 1. The number of amides is 1. The van der Waals surface area contributed by atoms with Gasteiger partial charge >= 0.3 is 0 Å². The van der Waals surface area contributed by atoms with E-state index in [0.29, 0.717) is 12.5 Å². The molecule has 2 aromatic rings. The summed E-state index contributed by atoms with van der Waals surface area (Å²) in [4.78, 5) is 24.7.